The van der Waals surface area contributed by atoms with E-state index >= 15 is 0 Å². The smallest absolute Gasteiger partial charge is 0.261 e. The molecule has 1 heterocycles. The van der Waals surface area contributed by atoms with Gasteiger partial charge in [-0.1, -0.05) is 18.2 Å². The molecule has 136 valence electrons. The highest BCUT2D eigenvalue weighted by atomic mass is 16.2. The summed E-state index contributed by atoms with van der Waals surface area (Å²) in [5.74, 6) is 0.0633. The number of nitrogens with zero attached hydrogens (tertiary/aromatic N) is 3. The zero-order valence-electron chi connectivity index (χ0n) is 15.0. The van der Waals surface area contributed by atoms with E-state index in [1.54, 1.807) is 36.2 Å². The Hall–Kier alpha value is -3.74. The van der Waals surface area contributed by atoms with Gasteiger partial charge in [-0.25, -0.2) is 9.97 Å². The third kappa shape index (κ3) is 4.66. The van der Waals surface area contributed by atoms with Crippen LogP contribution in [0.15, 0.2) is 67.0 Å². The summed E-state index contributed by atoms with van der Waals surface area (Å²) in [5.41, 5.74) is 2.67. The summed E-state index contributed by atoms with van der Waals surface area (Å²) in [6.45, 7) is 1.46. The average Bonchev–Trinajstić information content (AvgIpc) is 2.69. The fourth-order valence-corrected chi connectivity index (χ4v) is 2.43. The van der Waals surface area contributed by atoms with E-state index in [1.807, 2.05) is 30.3 Å². The van der Waals surface area contributed by atoms with Crippen molar-refractivity contribution in [2.24, 2.45) is 0 Å². The largest absolute Gasteiger partial charge is 0.326 e. The van der Waals surface area contributed by atoms with E-state index in [0.29, 0.717) is 17.2 Å². The van der Waals surface area contributed by atoms with E-state index in [4.69, 9.17) is 0 Å². The van der Waals surface area contributed by atoms with Gasteiger partial charge in [0.1, 0.15) is 0 Å². The lowest BCUT2D eigenvalue weighted by molar-refractivity contribution is -0.114. The molecule has 7 nitrogen and oxygen atoms in total. The maximum Gasteiger partial charge on any atom is 0.261 e. The highest BCUT2D eigenvalue weighted by Gasteiger charge is 2.14. The van der Waals surface area contributed by atoms with Crippen LogP contribution in [0, 0.1) is 0 Å². The highest BCUT2D eigenvalue weighted by Crippen LogP contribution is 2.18. The fraction of sp³-hybridized carbons (Fsp3) is 0.100. The molecule has 0 aliphatic heterocycles. The Morgan fingerprint density at radius 2 is 1.48 bits per heavy atom. The monoisotopic (exact) mass is 361 g/mol. The van der Waals surface area contributed by atoms with Gasteiger partial charge in [0.05, 0.1) is 5.56 Å². The summed E-state index contributed by atoms with van der Waals surface area (Å²) in [4.78, 5) is 33.5. The number of nitrogens with one attached hydrogen (secondary N) is 2. The maximum absolute atomic E-state index is 12.5. The van der Waals surface area contributed by atoms with Crippen LogP contribution in [0.3, 0.4) is 0 Å². The Morgan fingerprint density at radius 3 is 2.07 bits per heavy atom. The summed E-state index contributed by atoms with van der Waals surface area (Å²) in [7, 11) is 1.71. The quantitative estimate of drug-likeness (QED) is 0.727. The van der Waals surface area contributed by atoms with Crippen molar-refractivity contribution in [2.45, 2.75) is 6.92 Å². The van der Waals surface area contributed by atoms with Gasteiger partial charge in [-0.15, -0.1) is 0 Å². The number of carbonyl (C=O) groups is 2. The first-order valence-electron chi connectivity index (χ1n) is 8.33. The number of anilines is 4. The molecule has 27 heavy (non-hydrogen) atoms. The summed E-state index contributed by atoms with van der Waals surface area (Å²) >= 11 is 0. The number of rotatable bonds is 5. The molecule has 2 N–H and O–H groups in total. The maximum atomic E-state index is 12.5. The van der Waals surface area contributed by atoms with E-state index in [9.17, 15) is 9.59 Å². The van der Waals surface area contributed by atoms with E-state index in [0.717, 1.165) is 11.4 Å². The van der Waals surface area contributed by atoms with Crippen LogP contribution in [0.1, 0.15) is 17.3 Å². The number of benzene rings is 2. The molecule has 7 heteroatoms. The van der Waals surface area contributed by atoms with Gasteiger partial charge >= 0.3 is 0 Å². The number of carbonyl (C=O) groups excluding carboxylic acids is 2. The van der Waals surface area contributed by atoms with Crippen LogP contribution in [0.4, 0.5) is 23.0 Å². The lowest BCUT2D eigenvalue weighted by atomic mass is 10.2. The van der Waals surface area contributed by atoms with Crippen LogP contribution >= 0.6 is 0 Å². The second-order valence-corrected chi connectivity index (χ2v) is 5.88. The first-order valence-corrected chi connectivity index (χ1v) is 8.33. The molecule has 0 spiro atoms. The molecule has 0 aliphatic carbocycles. The minimum Gasteiger partial charge on any atom is -0.326 e. The SMILES string of the molecule is CC(=O)Nc1ccc(Nc2ncc(C(=O)N(C)c3ccccc3)cn2)cc1. The van der Waals surface area contributed by atoms with Gasteiger partial charge in [0, 0.05) is 43.4 Å². The standard InChI is InChI=1S/C20H19N5O2/c1-14(26)23-16-8-10-17(11-9-16)24-20-21-12-15(13-22-20)19(27)25(2)18-6-4-3-5-7-18/h3-13H,1-2H3,(H,23,26)(H,21,22,24). The van der Waals surface area contributed by atoms with Crippen LogP contribution in [0.25, 0.3) is 0 Å². The lowest BCUT2D eigenvalue weighted by Crippen LogP contribution is -2.26. The van der Waals surface area contributed by atoms with Crippen LogP contribution in [-0.2, 0) is 4.79 Å². The first-order chi connectivity index (χ1) is 13.0. The minimum atomic E-state index is -0.188. The third-order valence-electron chi connectivity index (χ3n) is 3.81. The van der Waals surface area contributed by atoms with Crippen LogP contribution < -0.4 is 15.5 Å². The summed E-state index contributed by atoms with van der Waals surface area (Å²) in [5, 5.41) is 5.75. The Kier molecular flexibility index (Phi) is 5.41. The second kappa shape index (κ2) is 8.09. The van der Waals surface area contributed by atoms with Crippen molar-refractivity contribution in [1.82, 2.24) is 9.97 Å². The van der Waals surface area contributed by atoms with E-state index in [1.165, 1.54) is 19.3 Å². The summed E-state index contributed by atoms with van der Waals surface area (Å²) in [6, 6.07) is 16.5. The van der Waals surface area contributed by atoms with Crippen LogP contribution in [-0.4, -0.2) is 28.8 Å². The predicted molar refractivity (Wildman–Crippen MR) is 105 cm³/mol. The zero-order chi connectivity index (χ0) is 19.2. The number of para-hydroxylation sites is 1. The molecule has 0 unspecified atom stereocenters. The Balaban J connectivity index is 1.66. The van der Waals surface area contributed by atoms with Gasteiger partial charge in [-0.2, -0.15) is 0 Å². The van der Waals surface area contributed by atoms with Crippen molar-refractivity contribution in [3.63, 3.8) is 0 Å². The normalized spacial score (nSPS) is 10.1. The molecule has 0 aliphatic rings. The van der Waals surface area contributed by atoms with E-state index < -0.39 is 0 Å². The van der Waals surface area contributed by atoms with Crippen molar-refractivity contribution < 1.29 is 9.59 Å². The van der Waals surface area contributed by atoms with Gasteiger partial charge in [-0.05, 0) is 36.4 Å². The predicted octanol–water partition coefficient (Wildman–Crippen LogP) is 3.46. The van der Waals surface area contributed by atoms with Crippen LogP contribution in [0.2, 0.25) is 0 Å². The number of aromatic nitrogens is 2. The van der Waals surface area contributed by atoms with Crippen molar-refractivity contribution in [2.75, 3.05) is 22.6 Å². The second-order valence-electron chi connectivity index (χ2n) is 5.88. The van der Waals surface area contributed by atoms with Gasteiger partial charge in [0.15, 0.2) is 0 Å². The van der Waals surface area contributed by atoms with Gasteiger partial charge < -0.3 is 15.5 Å². The molecule has 0 saturated heterocycles. The molecular weight excluding hydrogens is 342 g/mol. The fourth-order valence-electron chi connectivity index (χ4n) is 2.43. The number of hydrogen-bond acceptors (Lipinski definition) is 5. The number of amides is 2. The van der Waals surface area contributed by atoms with Crippen molar-refractivity contribution in [1.29, 1.82) is 0 Å². The number of hydrogen-bond donors (Lipinski definition) is 2. The first kappa shape index (κ1) is 18.1. The Bertz CT molecular complexity index is 925. The molecule has 3 rings (SSSR count). The lowest BCUT2D eigenvalue weighted by Gasteiger charge is -2.17. The molecule has 0 radical (unpaired) electrons. The minimum absolute atomic E-state index is 0.125. The van der Waals surface area contributed by atoms with E-state index in [2.05, 4.69) is 20.6 Å². The molecule has 3 aromatic rings. The van der Waals surface area contributed by atoms with Crippen LogP contribution in [0.5, 0.6) is 0 Å². The molecule has 0 atom stereocenters. The Morgan fingerprint density at radius 1 is 0.889 bits per heavy atom. The molecule has 0 bridgehead atoms. The van der Waals surface area contributed by atoms with Crippen molar-refractivity contribution in [3.8, 4) is 0 Å². The molecule has 2 amide bonds. The van der Waals surface area contributed by atoms with Gasteiger partial charge in [0.2, 0.25) is 11.9 Å². The van der Waals surface area contributed by atoms with Gasteiger partial charge in [0.25, 0.3) is 5.91 Å². The van der Waals surface area contributed by atoms with Crippen molar-refractivity contribution >= 4 is 34.8 Å². The van der Waals surface area contributed by atoms with E-state index in [-0.39, 0.29) is 11.8 Å². The molecular formula is C20H19N5O2. The topological polar surface area (TPSA) is 87.2 Å². The summed E-state index contributed by atoms with van der Waals surface area (Å²) < 4.78 is 0. The molecule has 1 aromatic heterocycles. The summed E-state index contributed by atoms with van der Waals surface area (Å²) in [6.07, 6.45) is 2.98. The third-order valence-corrected chi connectivity index (χ3v) is 3.81. The molecule has 2 aromatic carbocycles. The van der Waals surface area contributed by atoms with Gasteiger partial charge in [-0.3, -0.25) is 9.59 Å². The zero-order valence-corrected chi connectivity index (χ0v) is 15.0. The van der Waals surface area contributed by atoms with Crippen molar-refractivity contribution in [3.05, 3.63) is 72.6 Å². The average molecular weight is 361 g/mol. The highest BCUT2D eigenvalue weighted by molar-refractivity contribution is 6.05. The Labute approximate surface area is 157 Å². The molecule has 0 saturated carbocycles. The molecule has 0 fully saturated rings.